The van der Waals surface area contributed by atoms with Crippen LogP contribution in [0.5, 0.6) is 0 Å². The van der Waals surface area contributed by atoms with Crippen LogP contribution in [0.15, 0.2) is 24.5 Å². The molecule has 120 valence electrons. The molecule has 0 aliphatic heterocycles. The second kappa shape index (κ2) is 6.69. The molecule has 0 spiro atoms. The number of nitriles is 1. The Morgan fingerprint density at radius 2 is 2.26 bits per heavy atom. The molecule has 1 saturated carbocycles. The van der Waals surface area contributed by atoms with Crippen molar-refractivity contribution >= 4 is 17.1 Å². The van der Waals surface area contributed by atoms with E-state index in [-0.39, 0.29) is 0 Å². The summed E-state index contributed by atoms with van der Waals surface area (Å²) in [5.41, 5.74) is 2.55. The van der Waals surface area contributed by atoms with Crippen LogP contribution in [0.3, 0.4) is 0 Å². The zero-order valence-electron chi connectivity index (χ0n) is 12.9. The summed E-state index contributed by atoms with van der Waals surface area (Å²) >= 11 is 0. The molecular formula is C17H20N4O2. The summed E-state index contributed by atoms with van der Waals surface area (Å²) in [6.07, 6.45) is 5.29. The van der Waals surface area contributed by atoms with Crippen molar-refractivity contribution in [2.24, 2.45) is 11.8 Å². The Hall–Kier alpha value is -2.55. The number of aromatic nitrogens is 2. The van der Waals surface area contributed by atoms with E-state index < -0.39 is 6.09 Å². The quantitative estimate of drug-likeness (QED) is 0.908. The van der Waals surface area contributed by atoms with E-state index >= 15 is 0 Å². The first-order valence-corrected chi connectivity index (χ1v) is 7.97. The predicted octanol–water partition coefficient (Wildman–Crippen LogP) is 2.98. The Balaban J connectivity index is 1.69. The van der Waals surface area contributed by atoms with E-state index in [0.717, 1.165) is 43.3 Å². The summed E-state index contributed by atoms with van der Waals surface area (Å²) in [5, 5.41) is 20.3. The summed E-state index contributed by atoms with van der Waals surface area (Å²) in [4.78, 5) is 15.0. The third kappa shape index (κ3) is 3.62. The van der Waals surface area contributed by atoms with Gasteiger partial charge in [-0.1, -0.05) is 6.42 Å². The maximum Gasteiger partial charge on any atom is 0.404 e. The van der Waals surface area contributed by atoms with E-state index in [1.165, 1.54) is 0 Å². The van der Waals surface area contributed by atoms with Gasteiger partial charge >= 0.3 is 6.09 Å². The van der Waals surface area contributed by atoms with Gasteiger partial charge in [0.2, 0.25) is 0 Å². The van der Waals surface area contributed by atoms with Crippen LogP contribution in [0.2, 0.25) is 0 Å². The molecule has 0 bridgehead atoms. The number of hydrogen-bond acceptors (Lipinski definition) is 3. The summed E-state index contributed by atoms with van der Waals surface area (Å²) in [6.45, 7) is 1.41. The third-order valence-corrected chi connectivity index (χ3v) is 4.64. The Morgan fingerprint density at radius 1 is 1.43 bits per heavy atom. The molecule has 1 aromatic heterocycles. The van der Waals surface area contributed by atoms with Crippen molar-refractivity contribution < 1.29 is 9.90 Å². The minimum absolute atomic E-state index is 0.411. The lowest BCUT2D eigenvalue weighted by molar-refractivity contribution is 0.185. The van der Waals surface area contributed by atoms with Crippen molar-refractivity contribution in [2.45, 2.75) is 32.2 Å². The predicted molar refractivity (Wildman–Crippen MR) is 85.9 cm³/mol. The Bertz CT molecular complexity index is 747. The molecule has 1 aromatic carbocycles. The topological polar surface area (TPSA) is 90.9 Å². The van der Waals surface area contributed by atoms with Crippen molar-refractivity contribution in [3.05, 3.63) is 30.1 Å². The van der Waals surface area contributed by atoms with Crippen LogP contribution >= 0.6 is 0 Å². The molecule has 2 N–H and O–H groups in total. The standard InChI is InChI=1S/C17H20N4O2/c18-8-12-4-5-15-16(7-12)21(11-20-15)10-14-3-1-2-13(6-14)9-19-17(22)23/h4-5,7,11,13-14,19H,1-3,6,9-10H2,(H,22,23). The second-order valence-corrected chi connectivity index (χ2v) is 6.30. The van der Waals surface area contributed by atoms with Gasteiger partial charge in [-0.05, 0) is 49.3 Å². The molecule has 0 radical (unpaired) electrons. The van der Waals surface area contributed by atoms with E-state index in [9.17, 15) is 4.79 Å². The molecule has 2 unspecified atom stereocenters. The van der Waals surface area contributed by atoms with E-state index in [1.807, 2.05) is 18.5 Å². The zero-order valence-corrected chi connectivity index (χ0v) is 12.9. The fraction of sp³-hybridized carbons (Fsp3) is 0.471. The Labute approximate surface area is 134 Å². The van der Waals surface area contributed by atoms with Gasteiger partial charge in [-0.15, -0.1) is 0 Å². The van der Waals surface area contributed by atoms with Gasteiger partial charge in [-0.25, -0.2) is 9.78 Å². The van der Waals surface area contributed by atoms with Crippen molar-refractivity contribution in [3.8, 4) is 6.07 Å². The number of hydrogen-bond donors (Lipinski definition) is 2. The first-order valence-electron chi connectivity index (χ1n) is 7.97. The number of imidazole rings is 1. The van der Waals surface area contributed by atoms with Gasteiger partial charge in [0.15, 0.2) is 0 Å². The first-order chi connectivity index (χ1) is 11.2. The highest BCUT2D eigenvalue weighted by molar-refractivity contribution is 5.76. The maximum atomic E-state index is 10.6. The van der Waals surface area contributed by atoms with Crippen LogP contribution in [0, 0.1) is 23.2 Å². The van der Waals surface area contributed by atoms with E-state index in [4.69, 9.17) is 10.4 Å². The Kier molecular flexibility index (Phi) is 4.47. The van der Waals surface area contributed by atoms with Gasteiger partial charge < -0.3 is 15.0 Å². The molecule has 6 nitrogen and oxygen atoms in total. The van der Waals surface area contributed by atoms with Gasteiger partial charge in [-0.2, -0.15) is 5.26 Å². The van der Waals surface area contributed by atoms with Crippen molar-refractivity contribution in [3.63, 3.8) is 0 Å². The number of benzene rings is 1. The molecule has 2 atom stereocenters. The van der Waals surface area contributed by atoms with Crippen molar-refractivity contribution in [1.29, 1.82) is 5.26 Å². The fourth-order valence-electron chi connectivity index (χ4n) is 3.54. The van der Waals surface area contributed by atoms with Crippen LogP contribution in [0.4, 0.5) is 4.79 Å². The number of nitrogens with one attached hydrogen (secondary N) is 1. The lowest BCUT2D eigenvalue weighted by Gasteiger charge is -2.29. The summed E-state index contributed by atoms with van der Waals surface area (Å²) < 4.78 is 2.12. The highest BCUT2D eigenvalue weighted by atomic mass is 16.4. The average Bonchev–Trinajstić information content (AvgIpc) is 2.95. The van der Waals surface area contributed by atoms with Gasteiger partial charge in [0.1, 0.15) is 0 Å². The van der Waals surface area contributed by atoms with E-state index in [0.29, 0.717) is 23.9 Å². The molecule has 3 rings (SSSR count). The summed E-state index contributed by atoms with van der Waals surface area (Å²) in [6, 6.07) is 7.72. The van der Waals surface area contributed by atoms with Crippen molar-refractivity contribution in [2.75, 3.05) is 6.54 Å². The molecule has 1 amide bonds. The van der Waals surface area contributed by atoms with Crippen LogP contribution < -0.4 is 5.32 Å². The SMILES string of the molecule is N#Cc1ccc2ncn(CC3CCCC(CNC(=O)O)C3)c2c1. The van der Waals surface area contributed by atoms with Gasteiger partial charge in [0.05, 0.1) is 29.0 Å². The lowest BCUT2D eigenvalue weighted by Crippen LogP contribution is -2.31. The van der Waals surface area contributed by atoms with E-state index in [1.54, 1.807) is 6.07 Å². The third-order valence-electron chi connectivity index (χ3n) is 4.64. The van der Waals surface area contributed by atoms with Crippen LogP contribution in [-0.2, 0) is 6.54 Å². The van der Waals surface area contributed by atoms with Gasteiger partial charge in [-0.3, -0.25) is 0 Å². The molecule has 23 heavy (non-hydrogen) atoms. The molecule has 1 aliphatic rings. The smallest absolute Gasteiger partial charge is 0.404 e. The number of carbonyl (C=O) groups is 1. The number of amides is 1. The van der Waals surface area contributed by atoms with Crippen molar-refractivity contribution in [1.82, 2.24) is 14.9 Å². The van der Waals surface area contributed by atoms with Crippen LogP contribution in [0.25, 0.3) is 11.0 Å². The fourth-order valence-corrected chi connectivity index (χ4v) is 3.54. The Morgan fingerprint density at radius 3 is 3.04 bits per heavy atom. The molecule has 0 saturated heterocycles. The molecule has 2 aromatic rings. The normalized spacial score (nSPS) is 21.0. The zero-order chi connectivity index (χ0) is 16.2. The largest absolute Gasteiger partial charge is 0.465 e. The first kappa shape index (κ1) is 15.3. The summed E-state index contributed by atoms with van der Waals surface area (Å²) in [7, 11) is 0. The van der Waals surface area contributed by atoms with Gasteiger partial charge in [0, 0.05) is 13.1 Å². The number of rotatable bonds is 4. The van der Waals surface area contributed by atoms with Gasteiger partial charge in [0.25, 0.3) is 0 Å². The highest BCUT2D eigenvalue weighted by Crippen LogP contribution is 2.30. The minimum atomic E-state index is -0.947. The number of nitrogens with zero attached hydrogens (tertiary/aromatic N) is 3. The number of fused-ring (bicyclic) bond motifs is 1. The molecular weight excluding hydrogens is 292 g/mol. The average molecular weight is 312 g/mol. The summed E-state index contributed by atoms with van der Waals surface area (Å²) in [5.74, 6) is 0.932. The maximum absolute atomic E-state index is 10.6. The van der Waals surface area contributed by atoms with Crippen LogP contribution in [-0.4, -0.2) is 27.3 Å². The molecule has 1 fully saturated rings. The number of carboxylic acid groups (broad SMARTS) is 1. The van der Waals surface area contributed by atoms with Crippen LogP contribution in [0.1, 0.15) is 31.2 Å². The van der Waals surface area contributed by atoms with E-state index in [2.05, 4.69) is 20.9 Å². The monoisotopic (exact) mass is 312 g/mol. The molecule has 6 heteroatoms. The second-order valence-electron chi connectivity index (χ2n) is 6.30. The molecule has 1 aliphatic carbocycles. The minimum Gasteiger partial charge on any atom is -0.465 e. The molecule has 1 heterocycles. The highest BCUT2D eigenvalue weighted by Gasteiger charge is 2.23. The lowest BCUT2D eigenvalue weighted by atomic mass is 9.81.